The van der Waals surface area contributed by atoms with Crippen molar-refractivity contribution >= 4 is 12.2 Å². The molecule has 1 aromatic heterocycles. The Morgan fingerprint density at radius 2 is 1.75 bits per heavy atom. The SMILES string of the molecule is Cc1cc(C=O)c(C)n1-c1ccc(C(=O)N(C)C)cc1. The van der Waals surface area contributed by atoms with E-state index < -0.39 is 0 Å². The largest absolute Gasteiger partial charge is 0.345 e. The average molecular weight is 270 g/mol. The van der Waals surface area contributed by atoms with Gasteiger partial charge in [-0.2, -0.15) is 0 Å². The van der Waals surface area contributed by atoms with Gasteiger partial charge in [0, 0.05) is 42.3 Å². The van der Waals surface area contributed by atoms with E-state index in [1.807, 2.05) is 36.6 Å². The smallest absolute Gasteiger partial charge is 0.253 e. The highest BCUT2D eigenvalue weighted by atomic mass is 16.2. The van der Waals surface area contributed by atoms with Gasteiger partial charge < -0.3 is 9.47 Å². The van der Waals surface area contributed by atoms with Crippen LogP contribution < -0.4 is 0 Å². The van der Waals surface area contributed by atoms with Crippen LogP contribution in [0.25, 0.3) is 5.69 Å². The van der Waals surface area contributed by atoms with Crippen LogP contribution in [0.4, 0.5) is 0 Å². The Hall–Kier alpha value is -2.36. The van der Waals surface area contributed by atoms with Crippen LogP contribution in [0.5, 0.6) is 0 Å². The first kappa shape index (κ1) is 14.1. The van der Waals surface area contributed by atoms with Gasteiger partial charge in [-0.05, 0) is 44.2 Å². The molecule has 0 radical (unpaired) electrons. The number of carbonyl (C=O) groups is 2. The number of hydrogen-bond acceptors (Lipinski definition) is 2. The molecule has 0 spiro atoms. The highest BCUT2D eigenvalue weighted by molar-refractivity contribution is 5.94. The van der Waals surface area contributed by atoms with Gasteiger partial charge in [0.05, 0.1) is 0 Å². The van der Waals surface area contributed by atoms with Crippen molar-refractivity contribution in [1.82, 2.24) is 9.47 Å². The third kappa shape index (κ3) is 2.37. The predicted octanol–water partition coefficient (Wildman–Crippen LogP) is 2.61. The molecule has 0 unspecified atom stereocenters. The molecule has 0 atom stereocenters. The number of aromatic nitrogens is 1. The Balaban J connectivity index is 2.43. The number of carbonyl (C=O) groups excluding carboxylic acids is 2. The fraction of sp³-hybridized carbons (Fsp3) is 0.250. The van der Waals surface area contributed by atoms with Gasteiger partial charge in [0.2, 0.25) is 0 Å². The van der Waals surface area contributed by atoms with E-state index in [0.29, 0.717) is 11.1 Å². The van der Waals surface area contributed by atoms with E-state index in [0.717, 1.165) is 23.4 Å². The lowest BCUT2D eigenvalue weighted by molar-refractivity contribution is 0.0827. The zero-order chi connectivity index (χ0) is 14.9. The molecule has 104 valence electrons. The topological polar surface area (TPSA) is 42.3 Å². The summed E-state index contributed by atoms with van der Waals surface area (Å²) in [5.74, 6) is -0.0221. The van der Waals surface area contributed by atoms with Crippen molar-refractivity contribution in [2.75, 3.05) is 14.1 Å². The van der Waals surface area contributed by atoms with Crippen molar-refractivity contribution in [3.05, 3.63) is 52.8 Å². The summed E-state index contributed by atoms with van der Waals surface area (Å²) in [6.07, 6.45) is 0.864. The molecule has 4 heteroatoms. The molecule has 2 rings (SSSR count). The summed E-state index contributed by atoms with van der Waals surface area (Å²) in [7, 11) is 3.46. The minimum absolute atomic E-state index is 0.0221. The van der Waals surface area contributed by atoms with E-state index in [9.17, 15) is 9.59 Å². The van der Waals surface area contributed by atoms with E-state index in [2.05, 4.69) is 0 Å². The Morgan fingerprint density at radius 1 is 1.15 bits per heavy atom. The molecule has 0 aliphatic rings. The van der Waals surface area contributed by atoms with Crippen LogP contribution in [0.2, 0.25) is 0 Å². The van der Waals surface area contributed by atoms with Crippen molar-refractivity contribution in [3.63, 3.8) is 0 Å². The third-order valence-electron chi connectivity index (χ3n) is 3.38. The fourth-order valence-electron chi connectivity index (χ4n) is 2.32. The van der Waals surface area contributed by atoms with Gasteiger partial charge in [0.25, 0.3) is 5.91 Å². The quantitative estimate of drug-likeness (QED) is 0.805. The van der Waals surface area contributed by atoms with Gasteiger partial charge in [-0.25, -0.2) is 0 Å². The minimum Gasteiger partial charge on any atom is -0.345 e. The van der Waals surface area contributed by atoms with E-state index in [4.69, 9.17) is 0 Å². The number of nitrogens with zero attached hydrogens (tertiary/aromatic N) is 2. The lowest BCUT2D eigenvalue weighted by Crippen LogP contribution is -2.21. The minimum atomic E-state index is -0.0221. The maximum absolute atomic E-state index is 11.8. The number of aldehydes is 1. The van der Waals surface area contributed by atoms with Crippen LogP contribution in [0, 0.1) is 13.8 Å². The van der Waals surface area contributed by atoms with Gasteiger partial charge >= 0.3 is 0 Å². The summed E-state index contributed by atoms with van der Waals surface area (Å²) in [4.78, 5) is 24.4. The van der Waals surface area contributed by atoms with E-state index >= 15 is 0 Å². The van der Waals surface area contributed by atoms with Crippen molar-refractivity contribution < 1.29 is 9.59 Å². The van der Waals surface area contributed by atoms with Crippen LogP contribution >= 0.6 is 0 Å². The summed E-state index contributed by atoms with van der Waals surface area (Å²) in [5.41, 5.74) is 4.19. The molecular weight excluding hydrogens is 252 g/mol. The summed E-state index contributed by atoms with van der Waals surface area (Å²) in [6.45, 7) is 3.87. The normalized spacial score (nSPS) is 10.4. The number of amides is 1. The van der Waals surface area contributed by atoms with Crippen molar-refractivity contribution in [2.24, 2.45) is 0 Å². The average Bonchev–Trinajstić information content (AvgIpc) is 2.72. The second kappa shape index (κ2) is 5.33. The zero-order valence-corrected chi connectivity index (χ0v) is 12.2. The maximum Gasteiger partial charge on any atom is 0.253 e. The Labute approximate surface area is 118 Å². The Bertz CT molecular complexity index is 652. The zero-order valence-electron chi connectivity index (χ0n) is 12.2. The van der Waals surface area contributed by atoms with E-state index in [1.54, 1.807) is 31.1 Å². The molecule has 0 aliphatic heterocycles. The molecule has 0 aliphatic carbocycles. The van der Waals surface area contributed by atoms with Crippen LogP contribution in [0.3, 0.4) is 0 Å². The summed E-state index contributed by atoms with van der Waals surface area (Å²) in [6, 6.07) is 9.26. The summed E-state index contributed by atoms with van der Waals surface area (Å²) >= 11 is 0. The lowest BCUT2D eigenvalue weighted by atomic mass is 10.2. The lowest BCUT2D eigenvalue weighted by Gasteiger charge is -2.12. The molecule has 1 heterocycles. The van der Waals surface area contributed by atoms with Crippen LogP contribution in [-0.4, -0.2) is 35.8 Å². The monoisotopic (exact) mass is 270 g/mol. The van der Waals surface area contributed by atoms with Crippen LogP contribution in [-0.2, 0) is 0 Å². The van der Waals surface area contributed by atoms with Gasteiger partial charge in [0.1, 0.15) is 0 Å². The molecule has 0 N–H and O–H groups in total. The van der Waals surface area contributed by atoms with E-state index in [-0.39, 0.29) is 5.91 Å². The first-order chi connectivity index (χ1) is 9.45. The first-order valence-electron chi connectivity index (χ1n) is 6.42. The molecule has 1 amide bonds. The molecule has 0 saturated heterocycles. The van der Waals surface area contributed by atoms with Gasteiger partial charge in [-0.3, -0.25) is 9.59 Å². The standard InChI is InChI=1S/C16H18N2O2/c1-11-9-14(10-19)12(2)18(11)15-7-5-13(6-8-15)16(20)17(3)4/h5-10H,1-4H3. The molecule has 2 aromatic rings. The van der Waals surface area contributed by atoms with Crippen molar-refractivity contribution in [1.29, 1.82) is 0 Å². The second-order valence-corrected chi connectivity index (χ2v) is 5.03. The maximum atomic E-state index is 11.8. The van der Waals surface area contributed by atoms with E-state index in [1.165, 1.54) is 0 Å². The van der Waals surface area contributed by atoms with Gasteiger partial charge in [-0.1, -0.05) is 0 Å². The number of benzene rings is 1. The fourth-order valence-corrected chi connectivity index (χ4v) is 2.32. The van der Waals surface area contributed by atoms with Crippen molar-refractivity contribution in [3.8, 4) is 5.69 Å². The number of aryl methyl sites for hydroxylation is 1. The molecule has 0 fully saturated rings. The Morgan fingerprint density at radius 3 is 2.20 bits per heavy atom. The summed E-state index contributed by atoms with van der Waals surface area (Å²) in [5, 5.41) is 0. The van der Waals surface area contributed by atoms with Gasteiger partial charge in [0.15, 0.2) is 6.29 Å². The molecule has 0 saturated carbocycles. The molecular formula is C16H18N2O2. The third-order valence-corrected chi connectivity index (χ3v) is 3.38. The number of hydrogen-bond donors (Lipinski definition) is 0. The van der Waals surface area contributed by atoms with Gasteiger partial charge in [-0.15, -0.1) is 0 Å². The second-order valence-electron chi connectivity index (χ2n) is 5.03. The number of rotatable bonds is 3. The first-order valence-corrected chi connectivity index (χ1v) is 6.42. The van der Waals surface area contributed by atoms with Crippen molar-refractivity contribution in [2.45, 2.75) is 13.8 Å². The molecule has 20 heavy (non-hydrogen) atoms. The highest BCUT2D eigenvalue weighted by Crippen LogP contribution is 2.20. The summed E-state index contributed by atoms with van der Waals surface area (Å²) < 4.78 is 2.01. The molecule has 4 nitrogen and oxygen atoms in total. The van der Waals surface area contributed by atoms with Crippen LogP contribution in [0.15, 0.2) is 30.3 Å². The Kier molecular flexibility index (Phi) is 3.74. The molecule has 1 aromatic carbocycles. The van der Waals surface area contributed by atoms with Crippen LogP contribution in [0.1, 0.15) is 32.1 Å². The predicted molar refractivity (Wildman–Crippen MR) is 78.6 cm³/mol. The molecule has 0 bridgehead atoms. The highest BCUT2D eigenvalue weighted by Gasteiger charge is 2.11.